The van der Waals surface area contributed by atoms with Crippen LogP contribution in [0.2, 0.25) is 0 Å². The number of ether oxygens (including phenoxy) is 2. The lowest BCUT2D eigenvalue weighted by molar-refractivity contribution is -0.128. The number of carbonyl (C=O) groups excluding carboxylic acids is 2. The van der Waals surface area contributed by atoms with Crippen LogP contribution in [0.5, 0.6) is 11.5 Å². The smallest absolute Gasteiger partial charge is 0.262 e. The van der Waals surface area contributed by atoms with Crippen molar-refractivity contribution < 1.29 is 27.5 Å². The third kappa shape index (κ3) is 7.45. The van der Waals surface area contributed by atoms with Gasteiger partial charge in [-0.2, -0.15) is 4.31 Å². The van der Waals surface area contributed by atoms with Gasteiger partial charge in [0.25, 0.3) is 5.91 Å². The lowest BCUT2D eigenvalue weighted by atomic mass is 10.1. The first-order valence-corrected chi connectivity index (χ1v) is 15.8. The largest absolute Gasteiger partial charge is 0.497 e. The highest BCUT2D eigenvalue weighted by Gasteiger charge is 2.36. The van der Waals surface area contributed by atoms with E-state index in [1.807, 2.05) is 60.7 Å². The summed E-state index contributed by atoms with van der Waals surface area (Å²) in [6.45, 7) is 0.0190. The SMILES string of the molecule is COc1ccc(S(=O)(=O)N(CCc2ccccc2)CC(=O)N2CC(C(=O)NCCc3ccccc3)Oc3ccccc32)cc1. The van der Waals surface area contributed by atoms with Crippen molar-refractivity contribution in [1.29, 1.82) is 0 Å². The van der Waals surface area contributed by atoms with Crippen LogP contribution >= 0.6 is 0 Å². The number of methoxy groups -OCH3 is 1. The molecule has 0 radical (unpaired) electrons. The average molecular weight is 614 g/mol. The third-order valence-corrected chi connectivity index (χ3v) is 9.28. The normalized spacial score (nSPS) is 14.4. The zero-order chi connectivity index (χ0) is 30.9. The number of amides is 2. The summed E-state index contributed by atoms with van der Waals surface area (Å²) in [6.07, 6.45) is 0.105. The molecule has 4 aromatic rings. The summed E-state index contributed by atoms with van der Waals surface area (Å²) in [6, 6.07) is 32.3. The van der Waals surface area contributed by atoms with Gasteiger partial charge in [0, 0.05) is 13.1 Å². The Kier molecular flexibility index (Phi) is 9.93. The second-order valence-corrected chi connectivity index (χ2v) is 12.3. The fraction of sp³-hybridized carbons (Fsp3) is 0.235. The third-order valence-electron chi connectivity index (χ3n) is 7.42. The van der Waals surface area contributed by atoms with Gasteiger partial charge < -0.3 is 19.7 Å². The summed E-state index contributed by atoms with van der Waals surface area (Å²) in [5, 5.41) is 2.91. The summed E-state index contributed by atoms with van der Waals surface area (Å²) >= 11 is 0. The van der Waals surface area contributed by atoms with Gasteiger partial charge in [0.1, 0.15) is 11.5 Å². The standard InChI is InChI=1S/C34H35N3O6S/c1-42-28-16-18-29(19-17-28)44(40,41)36(23-21-27-12-6-3-7-13-27)25-33(38)37-24-32(43-31-15-9-8-14-30(31)37)34(39)35-22-20-26-10-4-2-5-11-26/h2-19,32H,20-25H2,1H3,(H,35,39). The molecule has 0 aromatic heterocycles. The number of hydrogen-bond donors (Lipinski definition) is 1. The van der Waals surface area contributed by atoms with Crippen LogP contribution in [0.4, 0.5) is 5.69 Å². The van der Waals surface area contributed by atoms with E-state index in [2.05, 4.69) is 5.32 Å². The molecule has 0 aliphatic carbocycles. The predicted octanol–water partition coefficient (Wildman–Crippen LogP) is 4.08. The molecule has 0 fully saturated rings. The lowest BCUT2D eigenvalue weighted by Crippen LogP contribution is -2.53. The molecule has 1 unspecified atom stereocenters. The van der Waals surface area contributed by atoms with Crippen LogP contribution < -0.4 is 19.7 Å². The minimum Gasteiger partial charge on any atom is -0.497 e. The van der Waals surface area contributed by atoms with E-state index in [0.29, 0.717) is 36.6 Å². The van der Waals surface area contributed by atoms with E-state index in [0.717, 1.165) is 11.1 Å². The molecule has 9 nitrogen and oxygen atoms in total. The number of nitrogens with zero attached hydrogens (tertiary/aromatic N) is 2. The molecule has 1 N–H and O–H groups in total. The van der Waals surface area contributed by atoms with E-state index in [1.54, 1.807) is 36.4 Å². The number of nitrogens with one attached hydrogen (secondary N) is 1. The number of carbonyl (C=O) groups is 2. The number of benzene rings is 4. The maximum atomic E-state index is 13.9. The van der Waals surface area contributed by atoms with Crippen molar-refractivity contribution in [3.8, 4) is 11.5 Å². The van der Waals surface area contributed by atoms with Crippen molar-refractivity contribution in [3.05, 3.63) is 120 Å². The van der Waals surface area contributed by atoms with E-state index in [9.17, 15) is 18.0 Å². The van der Waals surface area contributed by atoms with Gasteiger partial charge in [-0.3, -0.25) is 9.59 Å². The van der Waals surface area contributed by atoms with Crippen molar-refractivity contribution in [1.82, 2.24) is 9.62 Å². The fourth-order valence-electron chi connectivity index (χ4n) is 5.01. The molecule has 1 heterocycles. The Morgan fingerprint density at radius 1 is 0.864 bits per heavy atom. The molecule has 1 aliphatic rings. The van der Waals surface area contributed by atoms with Gasteiger partial charge in [-0.1, -0.05) is 72.8 Å². The fourth-order valence-corrected chi connectivity index (χ4v) is 6.40. The first-order chi connectivity index (χ1) is 21.3. The van der Waals surface area contributed by atoms with Crippen molar-refractivity contribution in [2.75, 3.05) is 38.2 Å². The van der Waals surface area contributed by atoms with Gasteiger partial charge in [-0.05, 0) is 60.4 Å². The maximum absolute atomic E-state index is 13.9. The molecule has 0 spiro atoms. The molecular formula is C34H35N3O6S. The summed E-state index contributed by atoms with van der Waals surface area (Å²) in [5.41, 5.74) is 2.52. The molecule has 0 saturated heterocycles. The number of sulfonamides is 1. The molecule has 228 valence electrons. The van der Waals surface area contributed by atoms with Crippen LogP contribution in [0, 0.1) is 0 Å². The number of anilines is 1. The van der Waals surface area contributed by atoms with Crippen LogP contribution in [-0.4, -0.2) is 63.9 Å². The minimum atomic E-state index is -4.06. The van der Waals surface area contributed by atoms with Gasteiger partial charge >= 0.3 is 0 Å². The van der Waals surface area contributed by atoms with Gasteiger partial charge in [-0.25, -0.2) is 8.42 Å². The van der Waals surface area contributed by atoms with E-state index in [-0.39, 0.29) is 23.9 Å². The van der Waals surface area contributed by atoms with Gasteiger partial charge in [0.2, 0.25) is 15.9 Å². The van der Waals surface area contributed by atoms with Crippen LogP contribution in [0.25, 0.3) is 0 Å². The van der Waals surface area contributed by atoms with Crippen molar-refractivity contribution in [3.63, 3.8) is 0 Å². The Bertz CT molecular complexity index is 1660. The minimum absolute atomic E-state index is 0.0530. The summed E-state index contributed by atoms with van der Waals surface area (Å²) in [4.78, 5) is 28.6. The number of rotatable bonds is 12. The average Bonchev–Trinajstić information content (AvgIpc) is 3.06. The van der Waals surface area contributed by atoms with Crippen LogP contribution in [0.3, 0.4) is 0 Å². The molecule has 10 heteroatoms. The molecule has 1 atom stereocenters. The van der Waals surface area contributed by atoms with E-state index < -0.39 is 28.6 Å². The first kappa shape index (κ1) is 30.8. The highest BCUT2D eigenvalue weighted by atomic mass is 32.2. The molecule has 4 aromatic carbocycles. The summed E-state index contributed by atoms with van der Waals surface area (Å²) in [7, 11) is -2.55. The quantitative estimate of drug-likeness (QED) is 0.258. The molecule has 0 saturated carbocycles. The highest BCUT2D eigenvalue weighted by molar-refractivity contribution is 7.89. The monoisotopic (exact) mass is 613 g/mol. The molecule has 1 aliphatic heterocycles. The number of hydrogen-bond acceptors (Lipinski definition) is 6. The highest BCUT2D eigenvalue weighted by Crippen LogP contribution is 2.33. The van der Waals surface area contributed by atoms with E-state index in [1.165, 1.54) is 28.4 Å². The Balaban J connectivity index is 1.35. The molecule has 2 amide bonds. The number of fused-ring (bicyclic) bond motifs is 1. The molecular weight excluding hydrogens is 578 g/mol. The lowest BCUT2D eigenvalue weighted by Gasteiger charge is -2.35. The van der Waals surface area contributed by atoms with E-state index >= 15 is 0 Å². The Hall–Kier alpha value is -4.67. The van der Waals surface area contributed by atoms with Crippen LogP contribution in [0.15, 0.2) is 114 Å². The second kappa shape index (κ2) is 14.2. The Morgan fingerprint density at radius 3 is 2.14 bits per heavy atom. The van der Waals surface area contributed by atoms with Crippen molar-refractivity contribution >= 4 is 27.5 Å². The Morgan fingerprint density at radius 2 is 1.48 bits per heavy atom. The zero-order valence-electron chi connectivity index (χ0n) is 24.5. The summed E-state index contributed by atoms with van der Waals surface area (Å²) in [5.74, 6) is 0.0889. The molecule has 0 bridgehead atoms. The first-order valence-electron chi connectivity index (χ1n) is 14.4. The number of para-hydroxylation sites is 2. The van der Waals surface area contributed by atoms with Crippen molar-refractivity contribution in [2.45, 2.75) is 23.8 Å². The van der Waals surface area contributed by atoms with E-state index in [4.69, 9.17) is 9.47 Å². The molecule has 44 heavy (non-hydrogen) atoms. The second-order valence-electron chi connectivity index (χ2n) is 10.4. The molecule has 5 rings (SSSR count). The van der Waals surface area contributed by atoms with Gasteiger partial charge in [-0.15, -0.1) is 0 Å². The maximum Gasteiger partial charge on any atom is 0.262 e. The summed E-state index contributed by atoms with van der Waals surface area (Å²) < 4.78 is 40.1. The van der Waals surface area contributed by atoms with Crippen LogP contribution in [0.1, 0.15) is 11.1 Å². The predicted molar refractivity (Wildman–Crippen MR) is 168 cm³/mol. The zero-order valence-corrected chi connectivity index (χ0v) is 25.3. The Labute approximate surface area is 258 Å². The van der Waals surface area contributed by atoms with Crippen molar-refractivity contribution in [2.24, 2.45) is 0 Å². The topological polar surface area (TPSA) is 105 Å². The van der Waals surface area contributed by atoms with Gasteiger partial charge in [0.05, 0.1) is 30.8 Å². The van der Waals surface area contributed by atoms with Gasteiger partial charge in [0.15, 0.2) is 6.10 Å². The van der Waals surface area contributed by atoms with Crippen LogP contribution in [-0.2, 0) is 32.5 Å².